The number of carbonyl (C=O) groups excluding carboxylic acids is 2. The third kappa shape index (κ3) is 8.45. The second-order valence-electron chi connectivity index (χ2n) is 8.84. The van der Waals surface area contributed by atoms with Crippen LogP contribution in [0.5, 0.6) is 5.75 Å². The Morgan fingerprint density at radius 3 is 2.31 bits per heavy atom. The van der Waals surface area contributed by atoms with Gasteiger partial charge in [0.05, 0.1) is 24.1 Å². The molecule has 208 valence electrons. The van der Waals surface area contributed by atoms with Crippen molar-refractivity contribution in [1.82, 2.24) is 10.2 Å². The minimum atomic E-state index is -3.90. The van der Waals surface area contributed by atoms with Gasteiger partial charge in [0.15, 0.2) is 0 Å². The predicted molar refractivity (Wildman–Crippen MR) is 158 cm³/mol. The molecule has 0 unspecified atom stereocenters. The molecule has 0 saturated heterocycles. The average molecular weight is 637 g/mol. The molecule has 0 aromatic heterocycles. The van der Waals surface area contributed by atoms with Crippen LogP contribution in [0, 0.1) is 0 Å². The molecule has 0 saturated carbocycles. The van der Waals surface area contributed by atoms with Gasteiger partial charge in [-0.2, -0.15) is 0 Å². The van der Waals surface area contributed by atoms with Crippen molar-refractivity contribution in [2.45, 2.75) is 25.9 Å². The maximum absolute atomic E-state index is 14.0. The molecule has 0 fully saturated rings. The molecule has 0 aliphatic heterocycles. The summed E-state index contributed by atoms with van der Waals surface area (Å²) in [6.45, 7) is 1.74. The summed E-state index contributed by atoms with van der Waals surface area (Å²) in [7, 11) is -2.45. The molecule has 3 rings (SSSR count). The summed E-state index contributed by atoms with van der Waals surface area (Å²) >= 11 is 9.72. The maximum Gasteiger partial charge on any atom is 0.244 e. The zero-order valence-electron chi connectivity index (χ0n) is 21.9. The molecule has 39 heavy (non-hydrogen) atoms. The lowest BCUT2D eigenvalue weighted by molar-refractivity contribution is -0.140. The van der Waals surface area contributed by atoms with E-state index in [0.29, 0.717) is 12.3 Å². The third-order valence-electron chi connectivity index (χ3n) is 5.97. The number of sulfonamides is 1. The molecule has 8 nitrogen and oxygen atoms in total. The predicted octanol–water partition coefficient (Wildman–Crippen LogP) is 4.65. The Kier molecular flexibility index (Phi) is 10.8. The van der Waals surface area contributed by atoms with Crippen molar-refractivity contribution in [3.05, 3.63) is 93.4 Å². The first-order valence-corrected chi connectivity index (χ1v) is 15.2. The quantitative estimate of drug-likeness (QED) is 0.312. The number of nitrogens with one attached hydrogen (secondary N) is 1. The van der Waals surface area contributed by atoms with E-state index in [1.54, 1.807) is 6.92 Å². The summed E-state index contributed by atoms with van der Waals surface area (Å²) < 4.78 is 32.7. The van der Waals surface area contributed by atoms with Crippen LogP contribution in [0.25, 0.3) is 0 Å². The topological polar surface area (TPSA) is 96.0 Å². The molecular weight excluding hydrogens is 606 g/mol. The van der Waals surface area contributed by atoms with Crippen molar-refractivity contribution < 1.29 is 22.7 Å². The molecule has 3 aromatic carbocycles. The van der Waals surface area contributed by atoms with Crippen molar-refractivity contribution in [2.75, 3.05) is 30.8 Å². The van der Waals surface area contributed by atoms with E-state index in [9.17, 15) is 18.0 Å². The number of amides is 2. The maximum atomic E-state index is 14.0. The lowest BCUT2D eigenvalue weighted by atomic mass is 10.0. The number of anilines is 1. The highest BCUT2D eigenvalue weighted by molar-refractivity contribution is 9.10. The number of methoxy groups -OCH3 is 1. The number of likely N-dealkylation sites (N-methyl/N-ethyl adjacent to an activating group) is 1. The van der Waals surface area contributed by atoms with Gasteiger partial charge in [0.2, 0.25) is 21.8 Å². The molecular formula is C28H31BrClN3O5S. The monoisotopic (exact) mass is 635 g/mol. The Morgan fingerprint density at radius 1 is 1.03 bits per heavy atom. The lowest BCUT2D eigenvalue weighted by Gasteiger charge is -2.33. The fraction of sp³-hybridized carbons (Fsp3) is 0.286. The van der Waals surface area contributed by atoms with Crippen LogP contribution in [0.1, 0.15) is 18.1 Å². The second-order valence-corrected chi connectivity index (χ2v) is 12.1. The van der Waals surface area contributed by atoms with E-state index in [1.165, 1.54) is 30.2 Å². The van der Waals surface area contributed by atoms with Gasteiger partial charge in [0, 0.05) is 24.0 Å². The van der Waals surface area contributed by atoms with Gasteiger partial charge in [-0.15, -0.1) is 0 Å². The number of ether oxygens (including phenoxy) is 1. The van der Waals surface area contributed by atoms with E-state index in [0.717, 1.165) is 26.2 Å². The van der Waals surface area contributed by atoms with Crippen molar-refractivity contribution in [3.63, 3.8) is 0 Å². The molecule has 0 aliphatic carbocycles. The highest BCUT2D eigenvalue weighted by atomic mass is 79.9. The van der Waals surface area contributed by atoms with Crippen LogP contribution in [-0.4, -0.2) is 57.6 Å². The fourth-order valence-corrected chi connectivity index (χ4v) is 5.64. The Bertz CT molecular complexity index is 1410. The zero-order valence-corrected chi connectivity index (χ0v) is 25.1. The first kappa shape index (κ1) is 30.5. The summed E-state index contributed by atoms with van der Waals surface area (Å²) in [6.07, 6.45) is 1.27. The SMILES string of the molecule is CCNC(=O)[C@@H](Cc1ccccc1)N(Cc1cccc(Br)c1)C(=O)CN(c1ccc(OC)c(Cl)c1)S(C)(=O)=O. The number of rotatable bonds is 12. The number of benzene rings is 3. The van der Waals surface area contributed by atoms with E-state index in [4.69, 9.17) is 16.3 Å². The second kappa shape index (κ2) is 13.8. The molecule has 0 bridgehead atoms. The summed E-state index contributed by atoms with van der Waals surface area (Å²) in [4.78, 5) is 28.8. The smallest absolute Gasteiger partial charge is 0.244 e. The van der Waals surface area contributed by atoms with Crippen LogP contribution in [-0.2, 0) is 32.6 Å². The average Bonchev–Trinajstić information content (AvgIpc) is 2.89. The van der Waals surface area contributed by atoms with Gasteiger partial charge in [0.1, 0.15) is 18.3 Å². The van der Waals surface area contributed by atoms with Gasteiger partial charge >= 0.3 is 0 Å². The van der Waals surface area contributed by atoms with Gasteiger partial charge < -0.3 is 15.0 Å². The zero-order chi connectivity index (χ0) is 28.6. The Labute approximate surface area is 243 Å². The van der Waals surface area contributed by atoms with Crippen LogP contribution in [0.3, 0.4) is 0 Å². The summed E-state index contributed by atoms with van der Waals surface area (Å²) in [5.74, 6) is -0.502. The molecule has 3 aromatic rings. The lowest BCUT2D eigenvalue weighted by Crippen LogP contribution is -2.53. The standard InChI is InChI=1S/C28H31BrClN3O5S/c1-4-31-28(35)25(16-20-9-6-5-7-10-20)32(18-21-11-8-12-22(29)15-21)27(34)19-33(39(3,36)37)23-13-14-26(38-2)24(30)17-23/h5-15,17,25H,4,16,18-19H2,1-3H3,(H,31,35)/t25-/m1/s1. The van der Waals surface area contributed by atoms with Crippen molar-refractivity contribution in [2.24, 2.45) is 0 Å². The number of hydrogen-bond acceptors (Lipinski definition) is 5. The molecule has 1 atom stereocenters. The molecule has 0 aliphatic rings. The van der Waals surface area contributed by atoms with Crippen molar-refractivity contribution in [3.8, 4) is 5.75 Å². The van der Waals surface area contributed by atoms with Crippen LogP contribution in [0.4, 0.5) is 5.69 Å². The van der Waals surface area contributed by atoms with E-state index in [2.05, 4.69) is 21.2 Å². The number of carbonyl (C=O) groups is 2. The highest BCUT2D eigenvalue weighted by Gasteiger charge is 2.33. The third-order valence-corrected chi connectivity index (χ3v) is 7.90. The van der Waals surface area contributed by atoms with Gasteiger partial charge in [-0.25, -0.2) is 8.42 Å². The molecule has 0 radical (unpaired) electrons. The van der Waals surface area contributed by atoms with Crippen LogP contribution >= 0.6 is 27.5 Å². The fourth-order valence-electron chi connectivity index (χ4n) is 4.10. The normalized spacial score (nSPS) is 11.9. The Morgan fingerprint density at radius 2 is 1.72 bits per heavy atom. The van der Waals surface area contributed by atoms with E-state index in [1.807, 2.05) is 54.6 Å². The number of halogens is 2. The first-order chi connectivity index (χ1) is 18.5. The molecule has 11 heteroatoms. The first-order valence-electron chi connectivity index (χ1n) is 12.2. The molecule has 0 spiro atoms. The number of nitrogens with zero attached hydrogens (tertiary/aromatic N) is 2. The minimum Gasteiger partial charge on any atom is -0.495 e. The van der Waals surface area contributed by atoms with Crippen molar-refractivity contribution >= 4 is 55.1 Å². The van der Waals surface area contributed by atoms with Crippen LogP contribution < -0.4 is 14.4 Å². The summed E-state index contributed by atoms with van der Waals surface area (Å²) in [5, 5.41) is 3.03. The Hall–Kier alpha value is -3.08. The van der Waals surface area contributed by atoms with Gasteiger partial charge in [-0.3, -0.25) is 13.9 Å². The van der Waals surface area contributed by atoms with E-state index >= 15 is 0 Å². The van der Waals surface area contributed by atoms with Crippen molar-refractivity contribution in [1.29, 1.82) is 0 Å². The van der Waals surface area contributed by atoms with Crippen LogP contribution in [0.2, 0.25) is 5.02 Å². The largest absolute Gasteiger partial charge is 0.495 e. The summed E-state index contributed by atoms with van der Waals surface area (Å²) in [6, 6.07) is 20.4. The van der Waals surface area contributed by atoms with Gasteiger partial charge in [0.25, 0.3) is 0 Å². The summed E-state index contributed by atoms with van der Waals surface area (Å²) in [5.41, 5.74) is 1.85. The van der Waals surface area contributed by atoms with Gasteiger partial charge in [-0.05, 0) is 48.4 Å². The minimum absolute atomic E-state index is 0.0911. The van der Waals surface area contributed by atoms with E-state index < -0.39 is 28.5 Å². The molecule has 1 N–H and O–H groups in total. The van der Waals surface area contributed by atoms with E-state index in [-0.39, 0.29) is 29.6 Å². The number of hydrogen-bond donors (Lipinski definition) is 1. The molecule has 2 amide bonds. The van der Waals surface area contributed by atoms with Crippen LogP contribution in [0.15, 0.2) is 77.3 Å². The van der Waals surface area contributed by atoms with Gasteiger partial charge in [-0.1, -0.05) is 70.0 Å². The molecule has 0 heterocycles. The highest BCUT2D eigenvalue weighted by Crippen LogP contribution is 2.30. The Balaban J connectivity index is 2.05.